The number of piperidine rings is 1. The molecule has 2 atom stereocenters. The van der Waals surface area contributed by atoms with Crippen LogP contribution in [-0.2, 0) is 4.79 Å². The summed E-state index contributed by atoms with van der Waals surface area (Å²) in [7, 11) is 4.18. The Morgan fingerprint density at radius 3 is 2.80 bits per heavy atom. The molecule has 1 saturated heterocycles. The highest BCUT2D eigenvalue weighted by molar-refractivity contribution is 5.66. The van der Waals surface area contributed by atoms with E-state index < -0.39 is 5.97 Å². The lowest BCUT2D eigenvalue weighted by molar-refractivity contribution is -0.137. The number of carboxylic acid groups (broad SMARTS) is 1. The standard InChI is InChI=1S/C11H22N2O2/c1-9-8-10(4-6-12(9)2)13(3)7-5-11(14)15/h9-10H,4-8H2,1-3H3,(H,14,15). The number of rotatable bonds is 4. The molecule has 1 aliphatic rings. The molecule has 2 unspecified atom stereocenters. The molecule has 0 aromatic rings. The molecule has 0 bridgehead atoms. The fraction of sp³-hybridized carbons (Fsp3) is 0.909. The zero-order valence-corrected chi connectivity index (χ0v) is 9.94. The van der Waals surface area contributed by atoms with Gasteiger partial charge in [-0.25, -0.2) is 0 Å². The Labute approximate surface area is 91.9 Å². The van der Waals surface area contributed by atoms with Gasteiger partial charge in [0.15, 0.2) is 0 Å². The Hall–Kier alpha value is -0.610. The molecule has 88 valence electrons. The van der Waals surface area contributed by atoms with Crippen LogP contribution in [0.25, 0.3) is 0 Å². The number of likely N-dealkylation sites (tertiary alicyclic amines) is 1. The highest BCUT2D eigenvalue weighted by Gasteiger charge is 2.25. The van der Waals surface area contributed by atoms with E-state index in [0.29, 0.717) is 18.6 Å². The summed E-state index contributed by atoms with van der Waals surface area (Å²) in [4.78, 5) is 15.0. The number of carboxylic acids is 1. The van der Waals surface area contributed by atoms with Crippen LogP contribution in [0, 0.1) is 0 Å². The first-order valence-corrected chi connectivity index (χ1v) is 5.63. The monoisotopic (exact) mass is 214 g/mol. The minimum Gasteiger partial charge on any atom is -0.481 e. The largest absolute Gasteiger partial charge is 0.481 e. The van der Waals surface area contributed by atoms with E-state index in [1.165, 1.54) is 0 Å². The maximum absolute atomic E-state index is 10.5. The molecule has 1 rings (SSSR count). The third-order valence-corrected chi connectivity index (χ3v) is 3.48. The van der Waals surface area contributed by atoms with E-state index in [4.69, 9.17) is 5.11 Å². The van der Waals surface area contributed by atoms with Crippen molar-refractivity contribution >= 4 is 5.97 Å². The summed E-state index contributed by atoms with van der Waals surface area (Å²) >= 11 is 0. The first-order valence-electron chi connectivity index (χ1n) is 5.63. The minimum absolute atomic E-state index is 0.247. The highest BCUT2D eigenvalue weighted by atomic mass is 16.4. The molecule has 1 N–H and O–H groups in total. The highest BCUT2D eigenvalue weighted by Crippen LogP contribution is 2.19. The normalized spacial score (nSPS) is 28.3. The van der Waals surface area contributed by atoms with Crippen molar-refractivity contribution in [2.45, 2.75) is 38.3 Å². The summed E-state index contributed by atoms with van der Waals surface area (Å²) in [5.74, 6) is -0.706. The summed E-state index contributed by atoms with van der Waals surface area (Å²) in [5.41, 5.74) is 0. The molecule has 1 fully saturated rings. The summed E-state index contributed by atoms with van der Waals surface area (Å²) < 4.78 is 0. The molecule has 0 aliphatic carbocycles. The molecule has 0 aromatic heterocycles. The average molecular weight is 214 g/mol. The van der Waals surface area contributed by atoms with Gasteiger partial charge in [0.25, 0.3) is 0 Å². The van der Waals surface area contributed by atoms with Crippen LogP contribution in [-0.4, -0.2) is 60.1 Å². The van der Waals surface area contributed by atoms with Gasteiger partial charge in [0, 0.05) is 18.6 Å². The van der Waals surface area contributed by atoms with Crippen molar-refractivity contribution in [3.05, 3.63) is 0 Å². The third kappa shape index (κ3) is 3.80. The maximum atomic E-state index is 10.5. The van der Waals surface area contributed by atoms with Crippen molar-refractivity contribution in [2.24, 2.45) is 0 Å². The van der Waals surface area contributed by atoms with Gasteiger partial charge in [-0.05, 0) is 40.4 Å². The van der Waals surface area contributed by atoms with Crippen molar-refractivity contribution in [1.82, 2.24) is 9.80 Å². The smallest absolute Gasteiger partial charge is 0.304 e. The quantitative estimate of drug-likeness (QED) is 0.754. The SMILES string of the molecule is CC1CC(N(C)CCC(=O)O)CCN1C. The molecule has 0 saturated carbocycles. The second-order valence-electron chi connectivity index (χ2n) is 4.63. The molecular weight excluding hydrogens is 192 g/mol. The molecule has 0 radical (unpaired) electrons. The van der Waals surface area contributed by atoms with E-state index >= 15 is 0 Å². The van der Waals surface area contributed by atoms with E-state index in [-0.39, 0.29) is 6.42 Å². The van der Waals surface area contributed by atoms with Crippen molar-refractivity contribution in [3.63, 3.8) is 0 Å². The lowest BCUT2D eigenvalue weighted by Crippen LogP contribution is -2.46. The van der Waals surface area contributed by atoms with Gasteiger partial charge in [0.2, 0.25) is 0 Å². The van der Waals surface area contributed by atoms with E-state index in [1.807, 2.05) is 7.05 Å². The van der Waals surface area contributed by atoms with Crippen LogP contribution >= 0.6 is 0 Å². The van der Waals surface area contributed by atoms with Crippen LogP contribution in [0.5, 0.6) is 0 Å². The molecule has 0 amide bonds. The van der Waals surface area contributed by atoms with Crippen LogP contribution in [0.15, 0.2) is 0 Å². The summed E-state index contributed by atoms with van der Waals surface area (Å²) in [6, 6.07) is 1.16. The van der Waals surface area contributed by atoms with Gasteiger partial charge in [0.1, 0.15) is 0 Å². The second kappa shape index (κ2) is 5.47. The van der Waals surface area contributed by atoms with Crippen molar-refractivity contribution in [1.29, 1.82) is 0 Å². The van der Waals surface area contributed by atoms with Crippen molar-refractivity contribution in [3.8, 4) is 0 Å². The first-order chi connectivity index (χ1) is 7.00. The minimum atomic E-state index is -0.706. The zero-order chi connectivity index (χ0) is 11.4. The van der Waals surface area contributed by atoms with Crippen LogP contribution < -0.4 is 0 Å². The van der Waals surface area contributed by atoms with Gasteiger partial charge in [-0.2, -0.15) is 0 Å². The van der Waals surface area contributed by atoms with Crippen molar-refractivity contribution < 1.29 is 9.90 Å². The Balaban J connectivity index is 2.33. The van der Waals surface area contributed by atoms with Crippen LogP contribution in [0.3, 0.4) is 0 Å². The second-order valence-corrected chi connectivity index (χ2v) is 4.63. The van der Waals surface area contributed by atoms with Crippen LogP contribution in [0.1, 0.15) is 26.2 Å². The topological polar surface area (TPSA) is 43.8 Å². The summed E-state index contributed by atoms with van der Waals surface area (Å²) in [6.45, 7) is 4.01. The Bertz CT molecular complexity index is 221. The lowest BCUT2D eigenvalue weighted by atomic mass is 9.98. The van der Waals surface area contributed by atoms with E-state index in [0.717, 1.165) is 19.4 Å². The Morgan fingerprint density at radius 2 is 2.27 bits per heavy atom. The Morgan fingerprint density at radius 1 is 1.60 bits per heavy atom. The number of aliphatic carboxylic acids is 1. The fourth-order valence-corrected chi connectivity index (χ4v) is 2.12. The lowest BCUT2D eigenvalue weighted by Gasteiger charge is -2.39. The van der Waals surface area contributed by atoms with Gasteiger partial charge >= 0.3 is 5.97 Å². The van der Waals surface area contributed by atoms with Gasteiger partial charge in [-0.1, -0.05) is 0 Å². The molecule has 0 spiro atoms. The van der Waals surface area contributed by atoms with Gasteiger partial charge in [-0.3, -0.25) is 4.79 Å². The van der Waals surface area contributed by atoms with Gasteiger partial charge in [0.05, 0.1) is 6.42 Å². The predicted octanol–water partition coefficient (Wildman–Crippen LogP) is 0.876. The fourth-order valence-electron chi connectivity index (χ4n) is 2.12. The maximum Gasteiger partial charge on any atom is 0.304 e. The molecular formula is C11H22N2O2. The van der Waals surface area contributed by atoms with Gasteiger partial charge in [-0.15, -0.1) is 0 Å². The van der Waals surface area contributed by atoms with E-state index in [9.17, 15) is 4.79 Å². The molecule has 4 nitrogen and oxygen atoms in total. The summed E-state index contributed by atoms with van der Waals surface area (Å²) in [5, 5.41) is 8.62. The molecule has 1 heterocycles. The molecule has 0 aromatic carbocycles. The predicted molar refractivity (Wildman–Crippen MR) is 60.0 cm³/mol. The van der Waals surface area contributed by atoms with E-state index in [1.54, 1.807) is 0 Å². The molecule has 15 heavy (non-hydrogen) atoms. The van der Waals surface area contributed by atoms with Crippen molar-refractivity contribution in [2.75, 3.05) is 27.2 Å². The number of hydrogen-bond acceptors (Lipinski definition) is 3. The van der Waals surface area contributed by atoms with Crippen LogP contribution in [0.2, 0.25) is 0 Å². The molecule has 4 heteroatoms. The molecule has 1 aliphatic heterocycles. The number of hydrogen-bond donors (Lipinski definition) is 1. The van der Waals surface area contributed by atoms with Crippen LogP contribution in [0.4, 0.5) is 0 Å². The number of carbonyl (C=O) groups is 1. The Kier molecular flexibility index (Phi) is 4.54. The number of nitrogens with zero attached hydrogens (tertiary/aromatic N) is 2. The third-order valence-electron chi connectivity index (χ3n) is 3.48. The summed E-state index contributed by atoms with van der Waals surface area (Å²) in [6.07, 6.45) is 2.54. The van der Waals surface area contributed by atoms with Gasteiger partial charge < -0.3 is 14.9 Å². The zero-order valence-electron chi connectivity index (χ0n) is 9.94. The average Bonchev–Trinajstić information content (AvgIpc) is 2.18. The first kappa shape index (κ1) is 12.5. The van der Waals surface area contributed by atoms with E-state index in [2.05, 4.69) is 23.8 Å².